The molecular formula is C11H14N2O2. The molecule has 1 atom stereocenters. The van der Waals surface area contributed by atoms with Crippen LogP contribution in [0.5, 0.6) is 0 Å². The second-order valence-electron chi connectivity index (χ2n) is 3.99. The molecule has 0 saturated carbocycles. The number of aliphatic carboxylic acids is 1. The Labute approximate surface area is 88.4 Å². The topological polar surface area (TPSA) is 63.1 Å². The van der Waals surface area contributed by atoms with Gasteiger partial charge in [0.25, 0.3) is 0 Å². The van der Waals surface area contributed by atoms with E-state index in [0.29, 0.717) is 11.5 Å². The molecular weight excluding hydrogens is 192 g/mol. The summed E-state index contributed by atoms with van der Waals surface area (Å²) in [7, 11) is 0. The van der Waals surface area contributed by atoms with Crippen LogP contribution in [-0.4, -0.2) is 21.0 Å². The standard InChI is InChI=1S/C11H14N2O2/c1-6(11(14)15)10-8-4-3-5-9(8)12-7(2)13-10/h6H,3-5H2,1-2H3,(H,14,15). The fourth-order valence-electron chi connectivity index (χ4n) is 2.06. The van der Waals surface area contributed by atoms with Crippen molar-refractivity contribution in [1.29, 1.82) is 0 Å². The molecule has 2 rings (SSSR count). The number of rotatable bonds is 2. The van der Waals surface area contributed by atoms with Crippen LogP contribution in [0, 0.1) is 6.92 Å². The quantitative estimate of drug-likeness (QED) is 0.795. The number of carboxylic acids is 1. The molecule has 1 N–H and O–H groups in total. The van der Waals surface area contributed by atoms with E-state index in [-0.39, 0.29) is 0 Å². The van der Waals surface area contributed by atoms with Crippen molar-refractivity contribution < 1.29 is 9.90 Å². The summed E-state index contributed by atoms with van der Waals surface area (Å²) in [6.45, 7) is 3.50. The van der Waals surface area contributed by atoms with Crippen LogP contribution >= 0.6 is 0 Å². The monoisotopic (exact) mass is 206 g/mol. The highest BCUT2D eigenvalue weighted by molar-refractivity contribution is 5.75. The van der Waals surface area contributed by atoms with Crippen LogP contribution in [-0.2, 0) is 17.6 Å². The van der Waals surface area contributed by atoms with Crippen LogP contribution in [0.1, 0.15) is 42.0 Å². The van der Waals surface area contributed by atoms with Gasteiger partial charge in [0.05, 0.1) is 11.6 Å². The highest BCUT2D eigenvalue weighted by atomic mass is 16.4. The van der Waals surface area contributed by atoms with Crippen molar-refractivity contribution in [2.24, 2.45) is 0 Å². The Bertz CT molecular complexity index is 415. The largest absolute Gasteiger partial charge is 0.481 e. The SMILES string of the molecule is Cc1nc2c(c(C(C)C(=O)O)n1)CCC2. The van der Waals surface area contributed by atoms with Crippen LogP contribution in [0.15, 0.2) is 0 Å². The molecule has 15 heavy (non-hydrogen) atoms. The molecule has 1 aromatic heterocycles. The van der Waals surface area contributed by atoms with Gasteiger partial charge in [0.2, 0.25) is 0 Å². The molecule has 0 aromatic carbocycles. The number of carboxylic acid groups (broad SMARTS) is 1. The average molecular weight is 206 g/mol. The molecule has 1 aromatic rings. The lowest BCUT2D eigenvalue weighted by Gasteiger charge is -2.11. The number of fused-ring (bicyclic) bond motifs is 1. The first kappa shape index (κ1) is 10.1. The first-order chi connectivity index (χ1) is 7.09. The first-order valence-electron chi connectivity index (χ1n) is 5.18. The number of hydrogen-bond donors (Lipinski definition) is 1. The normalized spacial score (nSPS) is 16.1. The van der Waals surface area contributed by atoms with Gasteiger partial charge < -0.3 is 5.11 Å². The van der Waals surface area contributed by atoms with Crippen molar-refractivity contribution in [3.05, 3.63) is 22.8 Å². The fourth-order valence-corrected chi connectivity index (χ4v) is 2.06. The number of nitrogens with zero attached hydrogens (tertiary/aromatic N) is 2. The van der Waals surface area contributed by atoms with Gasteiger partial charge in [0.1, 0.15) is 5.82 Å². The van der Waals surface area contributed by atoms with Crippen LogP contribution in [0.3, 0.4) is 0 Å². The lowest BCUT2D eigenvalue weighted by atomic mass is 10.0. The zero-order chi connectivity index (χ0) is 11.0. The summed E-state index contributed by atoms with van der Waals surface area (Å²) in [6.07, 6.45) is 2.94. The maximum atomic E-state index is 11.0. The molecule has 4 nitrogen and oxygen atoms in total. The molecule has 0 spiro atoms. The van der Waals surface area contributed by atoms with Crippen molar-refractivity contribution in [2.45, 2.75) is 39.0 Å². The van der Waals surface area contributed by atoms with Crippen molar-refractivity contribution in [1.82, 2.24) is 9.97 Å². The van der Waals surface area contributed by atoms with E-state index in [1.165, 1.54) is 0 Å². The van der Waals surface area contributed by atoms with E-state index >= 15 is 0 Å². The summed E-state index contributed by atoms with van der Waals surface area (Å²) < 4.78 is 0. The number of carbonyl (C=O) groups is 1. The van der Waals surface area contributed by atoms with Gasteiger partial charge in [-0.3, -0.25) is 4.79 Å². The predicted octanol–water partition coefficient (Wildman–Crippen LogP) is 1.46. The van der Waals surface area contributed by atoms with Gasteiger partial charge >= 0.3 is 5.97 Å². The maximum absolute atomic E-state index is 11.0. The van der Waals surface area contributed by atoms with Gasteiger partial charge in [-0.25, -0.2) is 9.97 Å². The fraction of sp³-hybridized carbons (Fsp3) is 0.545. The predicted molar refractivity (Wildman–Crippen MR) is 54.8 cm³/mol. The van der Waals surface area contributed by atoms with Crippen molar-refractivity contribution in [2.75, 3.05) is 0 Å². The molecule has 1 aliphatic rings. The Morgan fingerprint density at radius 2 is 2.13 bits per heavy atom. The van der Waals surface area contributed by atoms with E-state index in [4.69, 9.17) is 5.11 Å². The van der Waals surface area contributed by atoms with E-state index in [1.54, 1.807) is 6.92 Å². The zero-order valence-corrected chi connectivity index (χ0v) is 8.95. The third-order valence-corrected chi connectivity index (χ3v) is 2.86. The molecule has 0 fully saturated rings. The van der Waals surface area contributed by atoms with Crippen LogP contribution in [0.4, 0.5) is 0 Å². The lowest BCUT2D eigenvalue weighted by molar-refractivity contribution is -0.138. The molecule has 0 amide bonds. The van der Waals surface area contributed by atoms with E-state index in [0.717, 1.165) is 30.5 Å². The molecule has 4 heteroatoms. The summed E-state index contributed by atoms with van der Waals surface area (Å²) in [5.41, 5.74) is 2.82. The first-order valence-corrected chi connectivity index (χ1v) is 5.18. The number of aryl methyl sites for hydroxylation is 2. The van der Waals surface area contributed by atoms with Gasteiger partial charge in [-0.2, -0.15) is 0 Å². The Kier molecular flexibility index (Phi) is 2.42. The zero-order valence-electron chi connectivity index (χ0n) is 8.95. The second-order valence-corrected chi connectivity index (χ2v) is 3.99. The molecule has 0 bridgehead atoms. The lowest BCUT2D eigenvalue weighted by Crippen LogP contribution is -2.14. The smallest absolute Gasteiger partial charge is 0.312 e. The molecule has 0 saturated heterocycles. The Morgan fingerprint density at radius 3 is 2.80 bits per heavy atom. The van der Waals surface area contributed by atoms with E-state index in [1.807, 2.05) is 6.92 Å². The van der Waals surface area contributed by atoms with Gasteiger partial charge in [-0.1, -0.05) is 0 Å². The Balaban J connectivity index is 2.51. The van der Waals surface area contributed by atoms with Crippen LogP contribution in [0.25, 0.3) is 0 Å². The van der Waals surface area contributed by atoms with Crippen LogP contribution in [0.2, 0.25) is 0 Å². The van der Waals surface area contributed by atoms with E-state index in [9.17, 15) is 4.79 Å². The molecule has 1 aliphatic carbocycles. The van der Waals surface area contributed by atoms with E-state index < -0.39 is 11.9 Å². The summed E-state index contributed by atoms with van der Waals surface area (Å²) in [4.78, 5) is 19.6. The van der Waals surface area contributed by atoms with Gasteiger partial charge in [-0.15, -0.1) is 0 Å². The maximum Gasteiger partial charge on any atom is 0.312 e. The minimum atomic E-state index is -0.817. The molecule has 1 unspecified atom stereocenters. The minimum absolute atomic E-state index is 0.529. The Hall–Kier alpha value is -1.45. The van der Waals surface area contributed by atoms with Crippen molar-refractivity contribution in [3.63, 3.8) is 0 Å². The minimum Gasteiger partial charge on any atom is -0.481 e. The van der Waals surface area contributed by atoms with E-state index in [2.05, 4.69) is 9.97 Å². The summed E-state index contributed by atoms with van der Waals surface area (Å²) in [5, 5.41) is 9.00. The van der Waals surface area contributed by atoms with Crippen molar-refractivity contribution in [3.8, 4) is 0 Å². The van der Waals surface area contributed by atoms with Crippen molar-refractivity contribution >= 4 is 5.97 Å². The number of aromatic nitrogens is 2. The molecule has 0 aliphatic heterocycles. The third kappa shape index (κ3) is 1.71. The molecule has 1 heterocycles. The Morgan fingerprint density at radius 1 is 1.40 bits per heavy atom. The molecule has 80 valence electrons. The highest BCUT2D eigenvalue weighted by Gasteiger charge is 2.25. The summed E-state index contributed by atoms with van der Waals surface area (Å²) in [5.74, 6) is -0.667. The third-order valence-electron chi connectivity index (χ3n) is 2.86. The second kappa shape index (κ2) is 3.61. The number of hydrogen-bond acceptors (Lipinski definition) is 3. The summed E-state index contributed by atoms with van der Waals surface area (Å²) >= 11 is 0. The highest BCUT2D eigenvalue weighted by Crippen LogP contribution is 2.27. The van der Waals surface area contributed by atoms with Gasteiger partial charge in [-0.05, 0) is 38.7 Å². The average Bonchev–Trinajstić information content (AvgIpc) is 2.62. The summed E-state index contributed by atoms with van der Waals surface area (Å²) in [6, 6.07) is 0. The van der Waals surface area contributed by atoms with Gasteiger partial charge in [0.15, 0.2) is 0 Å². The van der Waals surface area contributed by atoms with Crippen LogP contribution < -0.4 is 0 Å². The molecule has 0 radical (unpaired) electrons. The van der Waals surface area contributed by atoms with Gasteiger partial charge in [0, 0.05) is 5.69 Å².